The summed E-state index contributed by atoms with van der Waals surface area (Å²) in [5, 5.41) is 11.9. The van der Waals surface area contributed by atoms with Gasteiger partial charge in [0, 0.05) is 13.2 Å². The lowest BCUT2D eigenvalue weighted by atomic mass is 10.1. The van der Waals surface area contributed by atoms with Crippen molar-refractivity contribution >= 4 is 12.0 Å². The average molecular weight is 329 g/mol. The number of fused-ring (bicyclic) bond motifs is 1. The Hall–Kier alpha value is -2.34. The molecule has 1 heterocycles. The van der Waals surface area contributed by atoms with Gasteiger partial charge in [-0.05, 0) is 44.2 Å². The number of nitrogens with zero attached hydrogens (tertiary/aromatic N) is 2. The van der Waals surface area contributed by atoms with Gasteiger partial charge in [0.1, 0.15) is 5.76 Å². The van der Waals surface area contributed by atoms with E-state index in [0.717, 1.165) is 18.5 Å². The van der Waals surface area contributed by atoms with E-state index in [9.17, 15) is 9.90 Å². The smallest absolute Gasteiger partial charge is 0.325 e. The van der Waals surface area contributed by atoms with Crippen molar-refractivity contribution < 1.29 is 14.3 Å². The van der Waals surface area contributed by atoms with Crippen molar-refractivity contribution in [2.45, 2.75) is 39.2 Å². The van der Waals surface area contributed by atoms with Crippen LogP contribution in [0.3, 0.4) is 0 Å². The number of hydrogen-bond acceptors (Lipinski definition) is 4. The summed E-state index contributed by atoms with van der Waals surface area (Å²) in [5.41, 5.74) is 3.23. The number of aromatic nitrogens is 1. The monoisotopic (exact) mass is 329 g/mol. The van der Waals surface area contributed by atoms with Gasteiger partial charge >= 0.3 is 12.0 Å². The molecule has 1 aromatic carbocycles. The van der Waals surface area contributed by atoms with Crippen LogP contribution in [0.25, 0.3) is 0 Å². The largest absolute Gasteiger partial charge is 0.428 e. The molecule has 3 rings (SSSR count). The number of aliphatic hydroxyl groups is 1. The lowest BCUT2D eigenvalue weighted by Crippen LogP contribution is -2.38. The molecule has 1 aromatic heterocycles. The third-order valence-corrected chi connectivity index (χ3v) is 4.54. The van der Waals surface area contributed by atoms with Crippen LogP contribution in [-0.4, -0.2) is 34.2 Å². The van der Waals surface area contributed by atoms with Crippen LogP contribution >= 0.6 is 0 Å². The standard InChI is InChI=1S/C18H23N3O3/c1-12-13(2)24-17(19-12)20-18(23)21(10-5-11-22)16-9-8-14-6-3-4-7-15(14)16/h3-4,6-7,16,22H,5,8-11H2,1-2H3,(H,19,20,23). The van der Waals surface area contributed by atoms with Crippen LogP contribution < -0.4 is 5.32 Å². The molecule has 0 saturated heterocycles. The highest BCUT2D eigenvalue weighted by Crippen LogP contribution is 2.36. The minimum Gasteiger partial charge on any atom is -0.428 e. The van der Waals surface area contributed by atoms with Crippen LogP contribution in [0.4, 0.5) is 10.8 Å². The summed E-state index contributed by atoms with van der Waals surface area (Å²) < 4.78 is 5.45. The fourth-order valence-corrected chi connectivity index (χ4v) is 3.19. The molecule has 1 aliphatic carbocycles. The quantitative estimate of drug-likeness (QED) is 0.883. The topological polar surface area (TPSA) is 78.6 Å². The van der Waals surface area contributed by atoms with Crippen LogP contribution in [0.2, 0.25) is 0 Å². The average Bonchev–Trinajstić information content (AvgIpc) is 3.12. The third-order valence-electron chi connectivity index (χ3n) is 4.54. The summed E-state index contributed by atoms with van der Waals surface area (Å²) in [6.45, 7) is 4.19. The van der Waals surface area contributed by atoms with Crippen molar-refractivity contribution in [3.8, 4) is 0 Å². The molecule has 1 aliphatic rings. The Kier molecular flexibility index (Phi) is 4.85. The number of anilines is 1. The normalized spacial score (nSPS) is 16.0. The van der Waals surface area contributed by atoms with Gasteiger partial charge in [-0.3, -0.25) is 5.32 Å². The van der Waals surface area contributed by atoms with E-state index in [-0.39, 0.29) is 24.7 Å². The zero-order valence-electron chi connectivity index (χ0n) is 14.1. The number of aryl methyl sites for hydroxylation is 3. The molecule has 128 valence electrons. The number of aliphatic hydroxyl groups excluding tert-OH is 1. The fourth-order valence-electron chi connectivity index (χ4n) is 3.19. The van der Waals surface area contributed by atoms with Gasteiger partial charge in [0.05, 0.1) is 11.7 Å². The molecule has 2 aromatic rings. The Morgan fingerprint density at radius 3 is 2.92 bits per heavy atom. The molecule has 2 amide bonds. The van der Waals surface area contributed by atoms with Crippen molar-refractivity contribution in [1.29, 1.82) is 0 Å². The molecule has 1 atom stereocenters. The van der Waals surface area contributed by atoms with Crippen LogP contribution in [-0.2, 0) is 6.42 Å². The van der Waals surface area contributed by atoms with Crippen molar-refractivity contribution in [3.63, 3.8) is 0 Å². The Morgan fingerprint density at radius 1 is 1.42 bits per heavy atom. The molecule has 0 aliphatic heterocycles. The predicted molar refractivity (Wildman–Crippen MR) is 90.9 cm³/mol. The highest BCUT2D eigenvalue weighted by molar-refractivity contribution is 5.87. The first-order chi connectivity index (χ1) is 11.6. The number of carbonyl (C=O) groups excluding carboxylic acids is 1. The summed E-state index contributed by atoms with van der Waals surface area (Å²) in [4.78, 5) is 18.8. The number of benzene rings is 1. The molecule has 6 nitrogen and oxygen atoms in total. The highest BCUT2D eigenvalue weighted by atomic mass is 16.4. The zero-order chi connectivity index (χ0) is 17.1. The second-order valence-electron chi connectivity index (χ2n) is 6.11. The maximum Gasteiger partial charge on any atom is 0.325 e. The first kappa shape index (κ1) is 16.5. The fraction of sp³-hybridized carbons (Fsp3) is 0.444. The molecule has 2 N–H and O–H groups in total. The van der Waals surface area contributed by atoms with Gasteiger partial charge in [0.15, 0.2) is 0 Å². The van der Waals surface area contributed by atoms with E-state index in [2.05, 4.69) is 22.4 Å². The number of oxazole rings is 1. The summed E-state index contributed by atoms with van der Waals surface area (Å²) in [5.74, 6) is 0.693. The Labute approximate surface area is 141 Å². The zero-order valence-corrected chi connectivity index (χ0v) is 14.1. The molecule has 6 heteroatoms. The number of carbonyl (C=O) groups is 1. The molecule has 0 saturated carbocycles. The summed E-state index contributed by atoms with van der Waals surface area (Å²) in [6.07, 6.45) is 2.39. The van der Waals surface area contributed by atoms with Crippen molar-refractivity contribution in [2.75, 3.05) is 18.5 Å². The first-order valence-electron chi connectivity index (χ1n) is 8.30. The Bertz CT molecular complexity index is 707. The van der Waals surface area contributed by atoms with Crippen molar-refractivity contribution in [3.05, 3.63) is 46.8 Å². The lowest BCUT2D eigenvalue weighted by Gasteiger charge is -2.29. The number of urea groups is 1. The van der Waals surface area contributed by atoms with Gasteiger partial charge in [-0.25, -0.2) is 4.79 Å². The first-order valence-corrected chi connectivity index (χ1v) is 8.30. The number of hydrogen-bond donors (Lipinski definition) is 2. The summed E-state index contributed by atoms with van der Waals surface area (Å²) in [7, 11) is 0. The van der Waals surface area contributed by atoms with Gasteiger partial charge in [0.2, 0.25) is 0 Å². The molecule has 0 spiro atoms. The molecule has 0 fully saturated rings. The van der Waals surface area contributed by atoms with E-state index in [1.807, 2.05) is 26.0 Å². The Morgan fingerprint density at radius 2 is 2.21 bits per heavy atom. The minimum atomic E-state index is -0.244. The van der Waals surface area contributed by atoms with E-state index in [4.69, 9.17) is 4.42 Å². The maximum atomic E-state index is 12.8. The molecular weight excluding hydrogens is 306 g/mol. The lowest BCUT2D eigenvalue weighted by molar-refractivity contribution is 0.176. The van der Waals surface area contributed by atoms with E-state index >= 15 is 0 Å². The minimum absolute atomic E-state index is 0.0184. The van der Waals surface area contributed by atoms with E-state index in [1.54, 1.807) is 4.90 Å². The van der Waals surface area contributed by atoms with Gasteiger partial charge in [0.25, 0.3) is 0 Å². The number of rotatable bonds is 5. The van der Waals surface area contributed by atoms with Gasteiger partial charge in [-0.15, -0.1) is 0 Å². The molecule has 1 unspecified atom stereocenters. The Balaban J connectivity index is 1.80. The van der Waals surface area contributed by atoms with Crippen LogP contribution in [0.5, 0.6) is 0 Å². The third kappa shape index (κ3) is 3.28. The molecule has 0 bridgehead atoms. The summed E-state index contributed by atoms with van der Waals surface area (Å²) >= 11 is 0. The predicted octanol–water partition coefficient (Wildman–Crippen LogP) is 3.20. The van der Waals surface area contributed by atoms with E-state index in [1.165, 1.54) is 11.1 Å². The van der Waals surface area contributed by atoms with Crippen LogP contribution in [0.1, 0.15) is 41.5 Å². The van der Waals surface area contributed by atoms with Crippen LogP contribution in [0, 0.1) is 13.8 Å². The molecule has 24 heavy (non-hydrogen) atoms. The second-order valence-corrected chi connectivity index (χ2v) is 6.11. The maximum absolute atomic E-state index is 12.8. The van der Waals surface area contributed by atoms with Gasteiger partial charge in [-0.1, -0.05) is 24.3 Å². The molecule has 0 radical (unpaired) electrons. The molecular formula is C18H23N3O3. The van der Waals surface area contributed by atoms with E-state index in [0.29, 0.717) is 18.7 Å². The number of nitrogens with one attached hydrogen (secondary N) is 1. The second kappa shape index (κ2) is 7.05. The van der Waals surface area contributed by atoms with E-state index < -0.39 is 0 Å². The SMILES string of the molecule is Cc1nc(NC(=O)N(CCCO)C2CCc3ccccc32)oc1C. The number of amides is 2. The highest BCUT2D eigenvalue weighted by Gasteiger charge is 2.31. The van der Waals surface area contributed by atoms with Gasteiger partial charge in [-0.2, -0.15) is 4.98 Å². The van der Waals surface area contributed by atoms with Crippen molar-refractivity contribution in [2.24, 2.45) is 0 Å². The van der Waals surface area contributed by atoms with Crippen molar-refractivity contribution in [1.82, 2.24) is 9.88 Å². The summed E-state index contributed by atoms with van der Waals surface area (Å²) in [6, 6.07) is 8.20. The van der Waals surface area contributed by atoms with Crippen LogP contribution in [0.15, 0.2) is 28.7 Å². The van der Waals surface area contributed by atoms with Gasteiger partial charge < -0.3 is 14.4 Å².